The Kier molecular flexibility index (Phi) is 5.40. The summed E-state index contributed by atoms with van der Waals surface area (Å²) < 4.78 is 0. The van der Waals surface area contributed by atoms with Gasteiger partial charge in [-0.3, -0.25) is 4.79 Å². The lowest BCUT2D eigenvalue weighted by Gasteiger charge is -2.29. The number of nitrogens with one attached hydrogen (secondary N) is 2. The van der Waals surface area contributed by atoms with Gasteiger partial charge in [-0.1, -0.05) is 30.3 Å². The van der Waals surface area contributed by atoms with Gasteiger partial charge in [0.25, 0.3) is 0 Å². The number of amides is 1. The van der Waals surface area contributed by atoms with Crippen LogP contribution >= 0.6 is 0 Å². The predicted molar refractivity (Wildman–Crippen MR) is 78.0 cm³/mol. The summed E-state index contributed by atoms with van der Waals surface area (Å²) in [5.74, 6) is 0.0977. The highest BCUT2D eigenvalue weighted by Gasteiger charge is 2.20. The van der Waals surface area contributed by atoms with Crippen LogP contribution in [0.4, 0.5) is 0 Å². The number of carbonyl (C=O) groups excluding carboxylic acids is 1. The van der Waals surface area contributed by atoms with Gasteiger partial charge < -0.3 is 10.6 Å². The molecule has 1 aliphatic carbocycles. The van der Waals surface area contributed by atoms with Crippen LogP contribution in [0.3, 0.4) is 0 Å². The molecule has 1 amide bonds. The molecule has 19 heavy (non-hydrogen) atoms. The van der Waals surface area contributed by atoms with E-state index in [0.717, 1.165) is 25.8 Å². The van der Waals surface area contributed by atoms with Crippen LogP contribution in [0.15, 0.2) is 30.3 Å². The van der Waals surface area contributed by atoms with E-state index in [1.807, 2.05) is 0 Å². The van der Waals surface area contributed by atoms with Crippen LogP contribution in [-0.4, -0.2) is 24.5 Å². The van der Waals surface area contributed by atoms with Crippen molar-refractivity contribution in [3.8, 4) is 0 Å². The third-order valence-corrected chi connectivity index (χ3v) is 3.82. The molecular weight excluding hydrogens is 236 g/mol. The van der Waals surface area contributed by atoms with Crippen LogP contribution in [0, 0.1) is 0 Å². The fourth-order valence-electron chi connectivity index (χ4n) is 2.79. The van der Waals surface area contributed by atoms with E-state index in [1.54, 1.807) is 6.92 Å². The van der Waals surface area contributed by atoms with Crippen molar-refractivity contribution >= 4 is 5.91 Å². The van der Waals surface area contributed by atoms with E-state index >= 15 is 0 Å². The Morgan fingerprint density at radius 1 is 1.11 bits per heavy atom. The van der Waals surface area contributed by atoms with Crippen molar-refractivity contribution in [2.75, 3.05) is 6.54 Å². The highest BCUT2D eigenvalue weighted by atomic mass is 16.1. The Morgan fingerprint density at radius 2 is 1.74 bits per heavy atom. The highest BCUT2D eigenvalue weighted by Crippen LogP contribution is 2.18. The molecule has 1 fully saturated rings. The Bertz CT molecular complexity index is 383. The fourth-order valence-corrected chi connectivity index (χ4v) is 2.79. The standard InChI is InChI=1S/C16H24N2O/c1-13(19)18-16-9-7-15(8-10-16)17-12-11-14-5-3-2-4-6-14/h2-6,15-17H,7-12H2,1H3,(H,18,19). The largest absolute Gasteiger partial charge is 0.354 e. The molecule has 104 valence electrons. The summed E-state index contributed by atoms with van der Waals surface area (Å²) in [5, 5.41) is 6.65. The zero-order chi connectivity index (χ0) is 13.5. The first-order valence-electron chi connectivity index (χ1n) is 7.28. The van der Waals surface area contributed by atoms with Crippen molar-refractivity contribution in [3.63, 3.8) is 0 Å². The molecular formula is C16H24N2O. The van der Waals surface area contributed by atoms with Crippen molar-refractivity contribution in [3.05, 3.63) is 35.9 Å². The zero-order valence-electron chi connectivity index (χ0n) is 11.7. The topological polar surface area (TPSA) is 41.1 Å². The molecule has 0 unspecified atom stereocenters. The maximum absolute atomic E-state index is 11.0. The number of benzene rings is 1. The Morgan fingerprint density at radius 3 is 2.37 bits per heavy atom. The van der Waals surface area contributed by atoms with E-state index in [1.165, 1.54) is 18.4 Å². The second-order valence-corrected chi connectivity index (χ2v) is 5.44. The van der Waals surface area contributed by atoms with Crippen molar-refractivity contribution in [2.45, 2.75) is 51.1 Å². The summed E-state index contributed by atoms with van der Waals surface area (Å²) >= 11 is 0. The lowest BCUT2D eigenvalue weighted by molar-refractivity contribution is -0.119. The Balaban J connectivity index is 1.62. The van der Waals surface area contributed by atoms with Gasteiger partial charge in [0.2, 0.25) is 5.91 Å². The smallest absolute Gasteiger partial charge is 0.217 e. The molecule has 3 heteroatoms. The van der Waals surface area contributed by atoms with Crippen molar-refractivity contribution in [1.82, 2.24) is 10.6 Å². The van der Waals surface area contributed by atoms with E-state index in [-0.39, 0.29) is 5.91 Å². The molecule has 1 aromatic carbocycles. The Hall–Kier alpha value is -1.35. The molecule has 0 bridgehead atoms. The summed E-state index contributed by atoms with van der Waals surface area (Å²) in [6.07, 6.45) is 5.62. The van der Waals surface area contributed by atoms with Gasteiger partial charge >= 0.3 is 0 Å². The SMILES string of the molecule is CC(=O)NC1CCC(NCCc2ccccc2)CC1. The van der Waals surface area contributed by atoms with Gasteiger partial charge in [-0.2, -0.15) is 0 Å². The van der Waals surface area contributed by atoms with Gasteiger partial charge in [0.05, 0.1) is 0 Å². The molecule has 0 atom stereocenters. The fraction of sp³-hybridized carbons (Fsp3) is 0.562. The number of rotatable bonds is 5. The summed E-state index contributed by atoms with van der Waals surface area (Å²) in [5.41, 5.74) is 1.39. The number of carbonyl (C=O) groups is 1. The molecule has 0 saturated heterocycles. The van der Waals surface area contributed by atoms with Crippen LogP contribution in [0.1, 0.15) is 38.2 Å². The molecule has 0 aliphatic heterocycles. The quantitative estimate of drug-likeness (QED) is 0.852. The molecule has 2 N–H and O–H groups in total. The second-order valence-electron chi connectivity index (χ2n) is 5.44. The van der Waals surface area contributed by atoms with E-state index < -0.39 is 0 Å². The zero-order valence-corrected chi connectivity index (χ0v) is 11.7. The maximum atomic E-state index is 11.0. The molecule has 0 spiro atoms. The Labute approximate surface area is 115 Å². The van der Waals surface area contributed by atoms with Crippen LogP contribution in [0.25, 0.3) is 0 Å². The van der Waals surface area contributed by atoms with Gasteiger partial charge in [-0.15, -0.1) is 0 Å². The highest BCUT2D eigenvalue weighted by molar-refractivity contribution is 5.73. The normalized spacial score (nSPS) is 23.0. The lowest BCUT2D eigenvalue weighted by Crippen LogP contribution is -2.41. The average molecular weight is 260 g/mol. The number of hydrogen-bond acceptors (Lipinski definition) is 2. The summed E-state index contributed by atoms with van der Waals surface area (Å²) in [4.78, 5) is 11.0. The lowest BCUT2D eigenvalue weighted by atomic mass is 9.91. The van der Waals surface area contributed by atoms with E-state index in [0.29, 0.717) is 12.1 Å². The molecule has 1 aromatic rings. The molecule has 2 rings (SSSR count). The van der Waals surface area contributed by atoms with Gasteiger partial charge in [-0.25, -0.2) is 0 Å². The minimum absolute atomic E-state index is 0.0977. The van der Waals surface area contributed by atoms with Crippen LogP contribution < -0.4 is 10.6 Å². The predicted octanol–water partition coefficient (Wildman–Crippen LogP) is 2.27. The molecule has 1 saturated carbocycles. The molecule has 0 heterocycles. The summed E-state index contributed by atoms with van der Waals surface area (Å²) in [7, 11) is 0. The van der Waals surface area contributed by atoms with E-state index in [4.69, 9.17) is 0 Å². The summed E-state index contributed by atoms with van der Waals surface area (Å²) in [6.45, 7) is 2.64. The molecule has 0 radical (unpaired) electrons. The van der Waals surface area contributed by atoms with Gasteiger partial charge in [0, 0.05) is 19.0 Å². The van der Waals surface area contributed by atoms with Gasteiger partial charge in [0.1, 0.15) is 0 Å². The van der Waals surface area contributed by atoms with E-state index in [9.17, 15) is 4.79 Å². The van der Waals surface area contributed by atoms with Crippen LogP contribution in [-0.2, 0) is 11.2 Å². The monoisotopic (exact) mass is 260 g/mol. The third kappa shape index (κ3) is 5.03. The molecule has 0 aromatic heterocycles. The minimum Gasteiger partial charge on any atom is -0.354 e. The van der Waals surface area contributed by atoms with Crippen LogP contribution in [0.5, 0.6) is 0 Å². The van der Waals surface area contributed by atoms with Crippen molar-refractivity contribution in [1.29, 1.82) is 0 Å². The molecule has 3 nitrogen and oxygen atoms in total. The first-order valence-corrected chi connectivity index (χ1v) is 7.28. The third-order valence-electron chi connectivity index (χ3n) is 3.82. The second kappa shape index (κ2) is 7.29. The summed E-state index contributed by atoms with van der Waals surface area (Å²) in [6, 6.07) is 11.6. The minimum atomic E-state index is 0.0977. The average Bonchev–Trinajstić information content (AvgIpc) is 2.41. The van der Waals surface area contributed by atoms with Crippen LogP contribution in [0.2, 0.25) is 0 Å². The number of hydrogen-bond donors (Lipinski definition) is 2. The maximum Gasteiger partial charge on any atom is 0.217 e. The first kappa shape index (κ1) is 14.1. The van der Waals surface area contributed by atoms with Crippen molar-refractivity contribution in [2.24, 2.45) is 0 Å². The van der Waals surface area contributed by atoms with Crippen molar-refractivity contribution < 1.29 is 4.79 Å². The first-order chi connectivity index (χ1) is 9.24. The van der Waals surface area contributed by atoms with Gasteiger partial charge in [-0.05, 0) is 44.2 Å². The molecule has 1 aliphatic rings. The van der Waals surface area contributed by atoms with E-state index in [2.05, 4.69) is 41.0 Å². The van der Waals surface area contributed by atoms with Gasteiger partial charge in [0.15, 0.2) is 0 Å².